The summed E-state index contributed by atoms with van der Waals surface area (Å²) in [6.07, 6.45) is 3.83. The molecule has 0 atom stereocenters. The lowest BCUT2D eigenvalue weighted by molar-refractivity contribution is -0.159. The number of carboxylic acids is 1. The van der Waals surface area contributed by atoms with E-state index in [1.165, 1.54) is 13.2 Å². The first-order chi connectivity index (χ1) is 17.8. The zero-order valence-electron chi connectivity index (χ0n) is 21.3. The van der Waals surface area contributed by atoms with Crippen LogP contribution in [0.25, 0.3) is 17.2 Å². The lowest BCUT2D eigenvalue weighted by atomic mass is 10.1. The summed E-state index contributed by atoms with van der Waals surface area (Å²) in [4.78, 5) is 23.3. The minimum absolute atomic E-state index is 0.248. The molecule has 0 radical (unpaired) electrons. The molecule has 0 aliphatic rings. The number of rotatable bonds is 13. The van der Waals surface area contributed by atoms with Gasteiger partial charge in [-0.05, 0) is 73.7 Å². The fraction of sp³-hybridized carbons (Fsp3) is 0.267. The molecule has 3 rings (SSSR count). The zero-order valence-corrected chi connectivity index (χ0v) is 21.3. The molecule has 0 bridgehead atoms. The number of esters is 1. The lowest BCUT2D eigenvalue weighted by Crippen LogP contribution is -2.39. The summed E-state index contributed by atoms with van der Waals surface area (Å²) in [5, 5.41) is 8.75. The van der Waals surface area contributed by atoms with Crippen LogP contribution in [0.3, 0.4) is 0 Å². The first kappa shape index (κ1) is 27.3. The van der Waals surface area contributed by atoms with Crippen molar-refractivity contribution in [2.24, 2.45) is 0 Å². The van der Waals surface area contributed by atoms with Crippen molar-refractivity contribution in [1.29, 1.82) is 0 Å². The molecule has 0 heterocycles. The summed E-state index contributed by atoms with van der Waals surface area (Å²) >= 11 is 0. The average molecular weight is 505 g/mol. The molecule has 0 aliphatic heterocycles. The van der Waals surface area contributed by atoms with Crippen molar-refractivity contribution >= 4 is 18.0 Å². The average Bonchev–Trinajstić information content (AvgIpc) is 2.90. The fourth-order valence-electron chi connectivity index (χ4n) is 3.48. The minimum Gasteiger partial charge on any atom is -0.493 e. The van der Waals surface area contributed by atoms with Crippen molar-refractivity contribution in [3.8, 4) is 28.4 Å². The third kappa shape index (κ3) is 8.42. The van der Waals surface area contributed by atoms with Crippen LogP contribution in [0.15, 0.2) is 78.9 Å². The highest BCUT2D eigenvalue weighted by molar-refractivity contribution is 5.85. The summed E-state index contributed by atoms with van der Waals surface area (Å²) in [6, 6.07) is 22.8. The van der Waals surface area contributed by atoms with E-state index in [1.807, 2.05) is 54.6 Å². The van der Waals surface area contributed by atoms with E-state index in [0.29, 0.717) is 42.3 Å². The number of carbonyl (C=O) groups is 2. The monoisotopic (exact) mass is 504 g/mol. The number of aliphatic carboxylic acids is 1. The van der Waals surface area contributed by atoms with E-state index < -0.39 is 17.5 Å². The Kier molecular flexibility index (Phi) is 9.72. The summed E-state index contributed by atoms with van der Waals surface area (Å²) in [5.74, 6) is 0.197. The van der Waals surface area contributed by atoms with E-state index >= 15 is 0 Å². The summed E-state index contributed by atoms with van der Waals surface area (Å²) < 4.78 is 22.4. The van der Waals surface area contributed by atoms with Crippen molar-refractivity contribution in [2.75, 3.05) is 20.3 Å². The van der Waals surface area contributed by atoms with Crippen molar-refractivity contribution in [2.45, 2.75) is 32.3 Å². The van der Waals surface area contributed by atoms with Gasteiger partial charge in [0, 0.05) is 6.08 Å². The van der Waals surface area contributed by atoms with Crippen LogP contribution in [-0.2, 0) is 14.3 Å². The van der Waals surface area contributed by atoms with Gasteiger partial charge in [0.05, 0.1) is 20.3 Å². The van der Waals surface area contributed by atoms with Crippen LogP contribution in [0.2, 0.25) is 0 Å². The second-order valence-corrected chi connectivity index (χ2v) is 8.78. The van der Waals surface area contributed by atoms with Gasteiger partial charge in [0.2, 0.25) is 0 Å². The number of carbonyl (C=O) groups excluding carboxylic acids is 1. The molecule has 3 aromatic carbocycles. The first-order valence-corrected chi connectivity index (χ1v) is 12.0. The highest BCUT2D eigenvalue weighted by Gasteiger charge is 2.31. The minimum atomic E-state index is -1.13. The topological polar surface area (TPSA) is 91.3 Å². The summed E-state index contributed by atoms with van der Waals surface area (Å²) in [6.45, 7) is 4.03. The Morgan fingerprint density at radius 1 is 0.865 bits per heavy atom. The molecular weight excluding hydrogens is 472 g/mol. The second-order valence-electron chi connectivity index (χ2n) is 8.78. The maximum absolute atomic E-state index is 12.6. The molecule has 7 heteroatoms. The van der Waals surface area contributed by atoms with Gasteiger partial charge < -0.3 is 24.1 Å². The predicted molar refractivity (Wildman–Crippen MR) is 142 cm³/mol. The number of benzene rings is 3. The maximum Gasteiger partial charge on any atom is 0.349 e. The van der Waals surface area contributed by atoms with Gasteiger partial charge in [0.25, 0.3) is 0 Å². The lowest BCUT2D eigenvalue weighted by Gasteiger charge is -2.24. The van der Waals surface area contributed by atoms with Gasteiger partial charge in [-0.15, -0.1) is 0 Å². The van der Waals surface area contributed by atoms with Crippen molar-refractivity contribution in [3.05, 3.63) is 84.4 Å². The normalized spacial score (nSPS) is 11.2. The Morgan fingerprint density at radius 2 is 1.54 bits per heavy atom. The Morgan fingerprint density at radius 3 is 2.22 bits per heavy atom. The molecule has 0 saturated heterocycles. The van der Waals surface area contributed by atoms with Crippen LogP contribution >= 0.6 is 0 Å². The molecule has 0 amide bonds. The van der Waals surface area contributed by atoms with Gasteiger partial charge in [-0.3, -0.25) is 0 Å². The standard InChI is InChI=1S/C30H32O7/c1-30(2,37-25-15-13-24(14-16-25)23-9-5-4-6-10-23)29(33)36-20-8-7-19-35-26-17-11-22(12-18-28(31)32)21-27(26)34-3/h4-6,9-18,21H,7-8,19-20H2,1-3H3,(H,31,32)/b18-12+. The van der Waals surface area contributed by atoms with Crippen LogP contribution in [0.1, 0.15) is 32.3 Å². The van der Waals surface area contributed by atoms with Gasteiger partial charge in [-0.25, -0.2) is 9.59 Å². The van der Waals surface area contributed by atoms with Crippen LogP contribution in [-0.4, -0.2) is 43.0 Å². The smallest absolute Gasteiger partial charge is 0.349 e. The number of unbranched alkanes of at least 4 members (excludes halogenated alkanes) is 1. The van der Waals surface area contributed by atoms with Crippen LogP contribution in [0.4, 0.5) is 0 Å². The molecule has 0 aliphatic carbocycles. The largest absolute Gasteiger partial charge is 0.493 e. The molecule has 0 aromatic heterocycles. The quantitative estimate of drug-likeness (QED) is 0.173. The van der Waals surface area contributed by atoms with E-state index in [1.54, 1.807) is 32.0 Å². The molecule has 1 N–H and O–H groups in total. The highest BCUT2D eigenvalue weighted by atomic mass is 16.6. The molecule has 3 aromatic rings. The van der Waals surface area contributed by atoms with Crippen LogP contribution < -0.4 is 14.2 Å². The van der Waals surface area contributed by atoms with Gasteiger partial charge in [-0.2, -0.15) is 0 Å². The second kappa shape index (κ2) is 13.2. The number of methoxy groups -OCH3 is 1. The maximum atomic E-state index is 12.6. The van der Waals surface area contributed by atoms with E-state index in [4.69, 9.17) is 24.1 Å². The first-order valence-electron chi connectivity index (χ1n) is 12.0. The molecule has 194 valence electrons. The predicted octanol–water partition coefficient (Wildman–Crippen LogP) is 6.02. The molecule has 0 spiro atoms. The van der Waals surface area contributed by atoms with E-state index in [0.717, 1.165) is 17.2 Å². The third-order valence-corrected chi connectivity index (χ3v) is 5.46. The van der Waals surface area contributed by atoms with Gasteiger partial charge in [0.1, 0.15) is 5.75 Å². The fourth-order valence-corrected chi connectivity index (χ4v) is 3.48. The number of hydrogen-bond acceptors (Lipinski definition) is 6. The van der Waals surface area contributed by atoms with Gasteiger partial charge in [0.15, 0.2) is 17.1 Å². The van der Waals surface area contributed by atoms with Crippen LogP contribution in [0.5, 0.6) is 17.2 Å². The van der Waals surface area contributed by atoms with Crippen molar-refractivity contribution in [3.63, 3.8) is 0 Å². The molecule has 0 saturated carbocycles. The Bertz CT molecular complexity index is 1200. The van der Waals surface area contributed by atoms with Gasteiger partial charge in [-0.1, -0.05) is 48.5 Å². The van der Waals surface area contributed by atoms with E-state index in [9.17, 15) is 9.59 Å². The summed E-state index contributed by atoms with van der Waals surface area (Å²) in [5.41, 5.74) is 1.74. The molecule has 7 nitrogen and oxygen atoms in total. The highest BCUT2D eigenvalue weighted by Crippen LogP contribution is 2.29. The third-order valence-electron chi connectivity index (χ3n) is 5.46. The molecule has 0 unspecified atom stereocenters. The molecule has 37 heavy (non-hydrogen) atoms. The number of hydrogen-bond donors (Lipinski definition) is 1. The van der Waals surface area contributed by atoms with Crippen molar-refractivity contribution < 1.29 is 33.6 Å². The zero-order chi connectivity index (χ0) is 26.7. The molecular formula is C30H32O7. The van der Waals surface area contributed by atoms with Gasteiger partial charge >= 0.3 is 11.9 Å². The van der Waals surface area contributed by atoms with E-state index in [-0.39, 0.29) is 6.61 Å². The Labute approximate surface area is 217 Å². The van der Waals surface area contributed by atoms with Crippen molar-refractivity contribution in [1.82, 2.24) is 0 Å². The number of ether oxygens (including phenoxy) is 4. The Hall–Kier alpha value is -4.26. The number of carboxylic acid groups (broad SMARTS) is 1. The SMILES string of the molecule is COc1cc(/C=C/C(=O)O)ccc1OCCCCOC(=O)C(C)(C)Oc1ccc(-c2ccccc2)cc1. The summed E-state index contributed by atoms with van der Waals surface area (Å²) in [7, 11) is 1.52. The van der Waals surface area contributed by atoms with E-state index in [2.05, 4.69) is 0 Å². The Balaban J connectivity index is 1.40. The molecule has 0 fully saturated rings. The van der Waals surface area contributed by atoms with Crippen LogP contribution in [0, 0.1) is 0 Å².